The topological polar surface area (TPSA) is 8.17 Å². The van der Waals surface area contributed by atoms with Crippen molar-refractivity contribution in [2.24, 2.45) is 0 Å². The Balaban J connectivity index is 1.15. The molecular formula is C60H44N2. The molecule has 0 amide bonds. The number of rotatable bonds is 6. The lowest BCUT2D eigenvalue weighted by molar-refractivity contribution is 0.353. The number of fused-ring (bicyclic) bond motifs is 8. The summed E-state index contributed by atoms with van der Waals surface area (Å²) in [5.74, 6) is 0. The van der Waals surface area contributed by atoms with Crippen molar-refractivity contribution in [2.75, 3.05) is 4.90 Å². The third-order valence-corrected chi connectivity index (χ3v) is 14.3. The summed E-state index contributed by atoms with van der Waals surface area (Å²) in [7, 11) is 0. The summed E-state index contributed by atoms with van der Waals surface area (Å²) in [6.45, 7) is 0. The summed E-state index contributed by atoms with van der Waals surface area (Å²) in [5, 5.41) is 2.56. The average Bonchev–Trinajstić information content (AvgIpc) is 3.78. The monoisotopic (exact) mass is 792 g/mol. The minimum Gasteiger partial charge on any atom is -0.310 e. The molecule has 1 saturated carbocycles. The molecule has 2 heterocycles. The maximum Gasteiger partial charge on any atom is 0.0623 e. The Bertz CT molecular complexity index is 3310. The Labute approximate surface area is 363 Å². The van der Waals surface area contributed by atoms with E-state index in [1.807, 2.05) is 0 Å². The summed E-state index contributed by atoms with van der Waals surface area (Å²) >= 11 is 0. The van der Waals surface area contributed by atoms with E-state index in [2.05, 4.69) is 216 Å². The molecule has 1 aromatic heterocycles. The molecule has 3 aliphatic rings. The number of hydrogen-bond acceptors (Lipinski definition) is 1. The second-order valence-electron chi connectivity index (χ2n) is 17.5. The molecule has 2 nitrogen and oxygen atoms in total. The summed E-state index contributed by atoms with van der Waals surface area (Å²) in [5.41, 5.74) is 23.1. The van der Waals surface area contributed by atoms with E-state index in [1.165, 1.54) is 126 Å². The summed E-state index contributed by atoms with van der Waals surface area (Å²) in [6, 6.07) is 77.0. The summed E-state index contributed by atoms with van der Waals surface area (Å²) in [4.78, 5) is 2.53. The highest BCUT2D eigenvalue weighted by Gasteiger charge is 2.47. The first-order valence-corrected chi connectivity index (χ1v) is 22.3. The lowest BCUT2D eigenvalue weighted by atomic mass is 9.67. The molecular weight excluding hydrogens is 749 g/mol. The fourth-order valence-corrected chi connectivity index (χ4v) is 11.6. The van der Waals surface area contributed by atoms with Gasteiger partial charge in [0.05, 0.1) is 22.4 Å². The van der Waals surface area contributed by atoms with E-state index in [-0.39, 0.29) is 5.41 Å². The number of anilines is 3. The molecule has 0 bridgehead atoms. The molecule has 0 unspecified atom stereocenters. The van der Waals surface area contributed by atoms with Crippen LogP contribution < -0.4 is 4.90 Å². The number of para-hydroxylation sites is 1. The van der Waals surface area contributed by atoms with Crippen LogP contribution >= 0.6 is 0 Å². The van der Waals surface area contributed by atoms with Crippen LogP contribution in [0.15, 0.2) is 206 Å². The van der Waals surface area contributed by atoms with E-state index in [0.717, 1.165) is 17.1 Å². The van der Waals surface area contributed by atoms with Crippen molar-refractivity contribution >= 4 is 38.9 Å². The van der Waals surface area contributed by atoms with Crippen LogP contribution in [0.3, 0.4) is 0 Å². The molecule has 10 aromatic rings. The highest BCUT2D eigenvalue weighted by atomic mass is 15.1. The van der Waals surface area contributed by atoms with Gasteiger partial charge in [0.25, 0.3) is 0 Å². The van der Waals surface area contributed by atoms with Gasteiger partial charge in [-0.25, -0.2) is 0 Å². The molecule has 2 heteroatoms. The van der Waals surface area contributed by atoms with E-state index in [9.17, 15) is 0 Å². The zero-order chi connectivity index (χ0) is 40.8. The van der Waals surface area contributed by atoms with Crippen molar-refractivity contribution in [2.45, 2.75) is 37.5 Å². The molecule has 62 heavy (non-hydrogen) atoms. The Hall–Kier alpha value is -7.42. The van der Waals surface area contributed by atoms with E-state index in [1.54, 1.807) is 0 Å². The average molecular weight is 793 g/mol. The first kappa shape index (κ1) is 35.3. The fraction of sp³-hybridized carbons (Fsp3) is 0.100. The Kier molecular flexibility index (Phi) is 7.87. The van der Waals surface area contributed by atoms with Gasteiger partial charge in [-0.3, -0.25) is 0 Å². The lowest BCUT2D eigenvalue weighted by Gasteiger charge is -2.36. The van der Waals surface area contributed by atoms with Crippen molar-refractivity contribution in [3.8, 4) is 61.3 Å². The fourth-order valence-electron chi connectivity index (χ4n) is 11.6. The van der Waals surface area contributed by atoms with E-state index in [4.69, 9.17) is 0 Å². The quantitative estimate of drug-likeness (QED) is 0.163. The minimum absolute atomic E-state index is 0.0547. The molecule has 0 saturated heterocycles. The van der Waals surface area contributed by atoms with Crippen molar-refractivity contribution in [1.29, 1.82) is 0 Å². The highest BCUT2D eigenvalue weighted by Crippen LogP contribution is 2.62. The van der Waals surface area contributed by atoms with Gasteiger partial charge in [-0.1, -0.05) is 177 Å². The van der Waals surface area contributed by atoms with Gasteiger partial charge in [0.15, 0.2) is 0 Å². The largest absolute Gasteiger partial charge is 0.310 e. The summed E-state index contributed by atoms with van der Waals surface area (Å²) in [6.07, 6.45) is 6.29. The molecule has 0 N–H and O–H groups in total. The van der Waals surface area contributed by atoms with Crippen LogP contribution in [-0.4, -0.2) is 4.57 Å². The maximum atomic E-state index is 2.63. The summed E-state index contributed by atoms with van der Waals surface area (Å²) < 4.78 is 2.63. The molecule has 0 atom stereocenters. The first-order valence-electron chi connectivity index (χ1n) is 22.3. The minimum atomic E-state index is 0.0547. The molecule has 1 fully saturated rings. The molecule has 9 aromatic carbocycles. The number of hydrogen-bond donors (Lipinski definition) is 0. The van der Waals surface area contributed by atoms with E-state index >= 15 is 0 Å². The van der Waals surface area contributed by atoms with Crippen LogP contribution in [0.25, 0.3) is 83.1 Å². The van der Waals surface area contributed by atoms with Crippen molar-refractivity contribution in [3.05, 3.63) is 217 Å². The predicted molar refractivity (Wildman–Crippen MR) is 260 cm³/mol. The van der Waals surface area contributed by atoms with Crippen LogP contribution in [0.1, 0.15) is 43.2 Å². The van der Waals surface area contributed by atoms with Gasteiger partial charge in [0.1, 0.15) is 0 Å². The van der Waals surface area contributed by atoms with Crippen LogP contribution in [0, 0.1) is 0 Å². The Morgan fingerprint density at radius 1 is 0.403 bits per heavy atom. The molecule has 0 radical (unpaired) electrons. The van der Waals surface area contributed by atoms with Crippen LogP contribution in [0.2, 0.25) is 0 Å². The number of nitrogens with zero attached hydrogens (tertiary/aromatic N) is 2. The molecule has 294 valence electrons. The molecule has 1 aliphatic heterocycles. The first-order chi connectivity index (χ1) is 30.7. The van der Waals surface area contributed by atoms with Crippen molar-refractivity contribution < 1.29 is 0 Å². The third kappa shape index (κ3) is 5.16. The second kappa shape index (κ2) is 13.8. The van der Waals surface area contributed by atoms with Crippen LogP contribution in [0.4, 0.5) is 17.1 Å². The van der Waals surface area contributed by atoms with Gasteiger partial charge >= 0.3 is 0 Å². The highest BCUT2D eigenvalue weighted by molar-refractivity contribution is 6.22. The van der Waals surface area contributed by atoms with Gasteiger partial charge < -0.3 is 9.47 Å². The normalized spacial score (nSPS) is 14.3. The third-order valence-electron chi connectivity index (χ3n) is 14.3. The van der Waals surface area contributed by atoms with Crippen molar-refractivity contribution in [1.82, 2.24) is 4.57 Å². The van der Waals surface area contributed by atoms with Gasteiger partial charge in [0, 0.05) is 38.7 Å². The zero-order valence-corrected chi connectivity index (χ0v) is 34.6. The number of aromatic nitrogens is 1. The van der Waals surface area contributed by atoms with Gasteiger partial charge in [0.2, 0.25) is 0 Å². The molecule has 13 rings (SSSR count). The standard InChI is InChI=1S/C60H44N2/c1-5-18-40(19-6-1)43-24-15-25-46(37-43)61(47-38-44(41-20-7-2-8-21-41)36-45(39-47)42-22-9-3-10-23-42)54-30-17-31-55-57(54)50-32-33-52-58-56-49(48-26-11-12-29-53(48)62(55)59(50)58)27-16-28-51(56)60(52)34-13-4-14-35-60/h1-3,5-12,15-33,36-39H,4,13-14,34-35H2. The molecule has 1 spiro atoms. The smallest absolute Gasteiger partial charge is 0.0623 e. The van der Waals surface area contributed by atoms with E-state index < -0.39 is 0 Å². The Morgan fingerprint density at radius 2 is 0.984 bits per heavy atom. The molecule has 2 aliphatic carbocycles. The lowest BCUT2D eigenvalue weighted by Crippen LogP contribution is -2.28. The Morgan fingerprint density at radius 3 is 1.71 bits per heavy atom. The van der Waals surface area contributed by atoms with Gasteiger partial charge in [-0.05, 0) is 117 Å². The van der Waals surface area contributed by atoms with Crippen LogP contribution in [0.5, 0.6) is 0 Å². The van der Waals surface area contributed by atoms with Gasteiger partial charge in [-0.2, -0.15) is 0 Å². The van der Waals surface area contributed by atoms with E-state index in [0.29, 0.717) is 0 Å². The van der Waals surface area contributed by atoms with Crippen molar-refractivity contribution in [3.63, 3.8) is 0 Å². The zero-order valence-electron chi connectivity index (χ0n) is 34.6. The maximum absolute atomic E-state index is 2.63. The predicted octanol–water partition coefficient (Wildman–Crippen LogP) is 16.5. The second-order valence-corrected chi connectivity index (χ2v) is 17.5. The SMILES string of the molecule is c1ccc(-c2cccc(N(c3cc(-c4ccccc4)cc(-c4ccccc4)c3)c3cccc4c3c3ccc5c6c3n4-c3ccccc3-c3cccc(c3-6)C53CCCCC3)c2)cc1. The number of benzene rings is 9. The van der Waals surface area contributed by atoms with Crippen LogP contribution in [-0.2, 0) is 5.41 Å². The van der Waals surface area contributed by atoms with Gasteiger partial charge in [-0.15, -0.1) is 0 Å².